The summed E-state index contributed by atoms with van der Waals surface area (Å²) in [5.74, 6) is -0.365. The van der Waals surface area contributed by atoms with Crippen LogP contribution in [-0.4, -0.2) is 27.1 Å². The fraction of sp³-hybridized carbons (Fsp3) is 0.562. The SMILES string of the molecule is CCOC(=O)CC(C)(C)C(C)OS(=O)(=O)c1ccc(C)cc1. The van der Waals surface area contributed by atoms with Crippen LogP contribution in [0.5, 0.6) is 0 Å². The molecule has 0 aromatic heterocycles. The molecule has 1 atom stereocenters. The van der Waals surface area contributed by atoms with Crippen LogP contribution < -0.4 is 0 Å². The molecule has 6 heteroatoms. The topological polar surface area (TPSA) is 69.7 Å². The van der Waals surface area contributed by atoms with Crippen LogP contribution in [0.25, 0.3) is 0 Å². The van der Waals surface area contributed by atoms with Crippen molar-refractivity contribution in [3.63, 3.8) is 0 Å². The molecular formula is C16H24O5S. The lowest BCUT2D eigenvalue weighted by atomic mass is 9.84. The van der Waals surface area contributed by atoms with Gasteiger partial charge in [0.15, 0.2) is 0 Å². The van der Waals surface area contributed by atoms with Crippen LogP contribution in [0.2, 0.25) is 0 Å². The third-order valence-electron chi connectivity index (χ3n) is 3.59. The van der Waals surface area contributed by atoms with E-state index in [4.69, 9.17) is 8.92 Å². The van der Waals surface area contributed by atoms with Crippen molar-refractivity contribution in [2.45, 2.75) is 52.0 Å². The summed E-state index contributed by atoms with van der Waals surface area (Å²) < 4.78 is 34.7. The summed E-state index contributed by atoms with van der Waals surface area (Å²) >= 11 is 0. The molecule has 0 saturated carbocycles. The second-order valence-electron chi connectivity index (χ2n) is 5.98. The van der Waals surface area contributed by atoms with E-state index in [-0.39, 0.29) is 17.3 Å². The van der Waals surface area contributed by atoms with Crippen LogP contribution in [-0.2, 0) is 23.8 Å². The van der Waals surface area contributed by atoms with Crippen LogP contribution in [0, 0.1) is 12.3 Å². The van der Waals surface area contributed by atoms with E-state index in [0.29, 0.717) is 6.61 Å². The lowest BCUT2D eigenvalue weighted by Crippen LogP contribution is -2.34. The number of rotatable bonds is 7. The molecule has 124 valence electrons. The van der Waals surface area contributed by atoms with E-state index in [1.807, 2.05) is 6.92 Å². The van der Waals surface area contributed by atoms with Gasteiger partial charge < -0.3 is 4.74 Å². The van der Waals surface area contributed by atoms with Gasteiger partial charge in [-0.1, -0.05) is 31.5 Å². The Bertz CT molecular complexity index is 602. The molecule has 0 spiro atoms. The van der Waals surface area contributed by atoms with Gasteiger partial charge in [0.05, 0.1) is 24.0 Å². The van der Waals surface area contributed by atoms with Crippen LogP contribution in [0.3, 0.4) is 0 Å². The molecule has 1 rings (SSSR count). The highest BCUT2D eigenvalue weighted by Crippen LogP contribution is 2.30. The average molecular weight is 328 g/mol. The van der Waals surface area contributed by atoms with Gasteiger partial charge in [0.25, 0.3) is 10.1 Å². The molecule has 1 unspecified atom stereocenters. The van der Waals surface area contributed by atoms with E-state index >= 15 is 0 Å². The lowest BCUT2D eigenvalue weighted by molar-refractivity contribution is -0.146. The zero-order valence-electron chi connectivity index (χ0n) is 13.8. The number of carbonyl (C=O) groups excluding carboxylic acids is 1. The predicted molar refractivity (Wildman–Crippen MR) is 83.9 cm³/mol. The highest BCUT2D eigenvalue weighted by molar-refractivity contribution is 7.86. The maximum absolute atomic E-state index is 12.3. The average Bonchev–Trinajstić information content (AvgIpc) is 2.38. The molecule has 0 saturated heterocycles. The minimum absolute atomic E-state index is 0.0887. The molecule has 0 radical (unpaired) electrons. The summed E-state index contributed by atoms with van der Waals surface area (Å²) in [5.41, 5.74) is 0.305. The Balaban J connectivity index is 2.83. The van der Waals surface area contributed by atoms with Gasteiger partial charge >= 0.3 is 5.97 Å². The van der Waals surface area contributed by atoms with E-state index in [2.05, 4.69) is 0 Å². The standard InChI is InChI=1S/C16H24O5S/c1-6-20-15(17)11-16(4,5)13(3)21-22(18,19)14-9-7-12(2)8-10-14/h7-10,13H,6,11H2,1-5H3. The summed E-state index contributed by atoms with van der Waals surface area (Å²) in [4.78, 5) is 11.7. The second kappa shape index (κ2) is 7.24. The van der Waals surface area contributed by atoms with Crippen LogP contribution in [0.15, 0.2) is 29.2 Å². The molecule has 0 aliphatic carbocycles. The lowest BCUT2D eigenvalue weighted by Gasteiger charge is -2.30. The minimum atomic E-state index is -3.86. The van der Waals surface area contributed by atoms with Crippen molar-refractivity contribution >= 4 is 16.1 Å². The van der Waals surface area contributed by atoms with Crippen LogP contribution in [0.1, 0.15) is 39.7 Å². The summed E-state index contributed by atoms with van der Waals surface area (Å²) in [6.45, 7) is 9.10. The third kappa shape index (κ3) is 5.10. The van der Waals surface area contributed by atoms with Gasteiger partial charge in [-0.2, -0.15) is 8.42 Å². The molecule has 0 aliphatic heterocycles. The molecule has 0 aliphatic rings. The Kier molecular flexibility index (Phi) is 6.14. The monoisotopic (exact) mass is 328 g/mol. The quantitative estimate of drug-likeness (QED) is 0.568. The molecule has 0 N–H and O–H groups in total. The third-order valence-corrected chi connectivity index (χ3v) is 4.98. The van der Waals surface area contributed by atoms with Gasteiger partial charge in [0.1, 0.15) is 0 Å². The minimum Gasteiger partial charge on any atom is -0.466 e. The van der Waals surface area contributed by atoms with Crippen LogP contribution >= 0.6 is 0 Å². The number of aryl methyl sites for hydroxylation is 1. The van der Waals surface area contributed by atoms with E-state index < -0.39 is 21.6 Å². The molecule has 5 nitrogen and oxygen atoms in total. The van der Waals surface area contributed by atoms with Crippen molar-refractivity contribution < 1.29 is 22.1 Å². The summed E-state index contributed by atoms with van der Waals surface area (Å²) in [6.07, 6.45) is -0.575. The maximum atomic E-state index is 12.3. The van der Waals surface area contributed by atoms with E-state index in [1.54, 1.807) is 39.8 Å². The van der Waals surface area contributed by atoms with Crippen molar-refractivity contribution in [2.24, 2.45) is 5.41 Å². The largest absolute Gasteiger partial charge is 0.466 e. The fourth-order valence-electron chi connectivity index (χ4n) is 1.81. The van der Waals surface area contributed by atoms with E-state index in [0.717, 1.165) is 5.56 Å². The summed E-state index contributed by atoms with van der Waals surface area (Å²) in [7, 11) is -3.86. The Morgan fingerprint density at radius 1 is 1.23 bits per heavy atom. The molecule has 0 amide bonds. The number of ether oxygens (including phenoxy) is 1. The first kappa shape index (κ1) is 18.6. The predicted octanol–water partition coefficient (Wildman–Crippen LogP) is 3.07. The maximum Gasteiger partial charge on any atom is 0.306 e. The normalized spacial score (nSPS) is 13.7. The van der Waals surface area contributed by atoms with Gasteiger partial charge in [0, 0.05) is 5.41 Å². The van der Waals surface area contributed by atoms with Gasteiger partial charge in [0.2, 0.25) is 0 Å². The number of hydrogen-bond acceptors (Lipinski definition) is 5. The first-order valence-electron chi connectivity index (χ1n) is 7.24. The summed E-state index contributed by atoms with van der Waals surface area (Å²) in [6, 6.07) is 6.45. The molecular weight excluding hydrogens is 304 g/mol. The zero-order valence-corrected chi connectivity index (χ0v) is 14.6. The highest BCUT2D eigenvalue weighted by Gasteiger charge is 2.34. The smallest absolute Gasteiger partial charge is 0.306 e. The van der Waals surface area contributed by atoms with E-state index in [9.17, 15) is 13.2 Å². The van der Waals surface area contributed by atoms with Gasteiger partial charge in [-0.05, 0) is 32.9 Å². The Labute approximate surface area is 132 Å². The Hall–Kier alpha value is -1.40. The number of hydrogen-bond donors (Lipinski definition) is 0. The Morgan fingerprint density at radius 2 is 1.77 bits per heavy atom. The number of benzene rings is 1. The highest BCUT2D eigenvalue weighted by atomic mass is 32.2. The van der Waals surface area contributed by atoms with Crippen molar-refractivity contribution in [2.75, 3.05) is 6.61 Å². The molecule has 0 heterocycles. The number of esters is 1. The summed E-state index contributed by atoms with van der Waals surface area (Å²) in [5, 5.41) is 0. The van der Waals surface area contributed by atoms with Gasteiger partial charge in [-0.3, -0.25) is 8.98 Å². The molecule has 0 fully saturated rings. The van der Waals surface area contributed by atoms with Gasteiger partial charge in [-0.15, -0.1) is 0 Å². The number of carbonyl (C=O) groups is 1. The zero-order chi connectivity index (χ0) is 17.0. The fourth-order valence-corrected chi connectivity index (χ4v) is 3.03. The van der Waals surface area contributed by atoms with Crippen molar-refractivity contribution in [1.82, 2.24) is 0 Å². The molecule has 22 heavy (non-hydrogen) atoms. The van der Waals surface area contributed by atoms with Crippen LogP contribution in [0.4, 0.5) is 0 Å². The second-order valence-corrected chi connectivity index (χ2v) is 7.55. The first-order valence-corrected chi connectivity index (χ1v) is 8.65. The first-order chi connectivity index (χ1) is 10.1. The molecule has 1 aromatic rings. The van der Waals surface area contributed by atoms with Crippen molar-refractivity contribution in [3.05, 3.63) is 29.8 Å². The van der Waals surface area contributed by atoms with Crippen molar-refractivity contribution in [3.8, 4) is 0 Å². The van der Waals surface area contributed by atoms with E-state index in [1.165, 1.54) is 12.1 Å². The van der Waals surface area contributed by atoms with Gasteiger partial charge in [-0.25, -0.2) is 0 Å². The molecule has 1 aromatic carbocycles. The Morgan fingerprint density at radius 3 is 2.27 bits per heavy atom. The molecule has 0 bridgehead atoms. The van der Waals surface area contributed by atoms with Crippen molar-refractivity contribution in [1.29, 1.82) is 0 Å².